The van der Waals surface area contributed by atoms with Gasteiger partial charge in [0.25, 0.3) is 0 Å². The summed E-state index contributed by atoms with van der Waals surface area (Å²) in [4.78, 5) is 39.2. The number of carbonyl (C=O) groups excluding carboxylic acids is 2. The molecule has 3 N–H and O–H groups in total. The molecule has 0 spiro atoms. The van der Waals surface area contributed by atoms with Crippen LogP contribution in [-0.2, 0) is 38.3 Å². The second-order valence-electron chi connectivity index (χ2n) is 9.46. The average Bonchev–Trinajstić information content (AvgIpc) is 2.77. The fraction of sp³-hybridized carbons (Fsp3) is 0.680. The maximum Gasteiger partial charge on any atom is 0.408 e. The zero-order chi connectivity index (χ0) is 24.5. The average molecular weight is 476 g/mol. The molecule has 0 saturated heterocycles. The summed E-state index contributed by atoms with van der Waals surface area (Å²) in [5, 5.41) is 14.3. The van der Waals surface area contributed by atoms with Crippen molar-refractivity contribution in [1.29, 1.82) is 0 Å². The van der Waals surface area contributed by atoms with E-state index in [9.17, 15) is 19.5 Å². The number of aryl methyl sites for hydroxylation is 3. The van der Waals surface area contributed by atoms with Gasteiger partial charge in [-0.3, -0.25) is 9.78 Å². The molecule has 1 saturated carbocycles. The van der Waals surface area contributed by atoms with E-state index in [0.29, 0.717) is 5.92 Å². The molecule has 0 aromatic carbocycles. The lowest BCUT2D eigenvalue weighted by molar-refractivity contribution is -0.140. The molecule has 9 nitrogen and oxygen atoms in total. The molecule has 2 aliphatic rings. The van der Waals surface area contributed by atoms with E-state index in [0.717, 1.165) is 38.5 Å². The fourth-order valence-electron chi connectivity index (χ4n) is 4.46. The van der Waals surface area contributed by atoms with Gasteiger partial charge in [0.15, 0.2) is 0 Å². The van der Waals surface area contributed by atoms with Crippen LogP contribution in [0.3, 0.4) is 0 Å². The number of carboxylic acids is 1. The van der Waals surface area contributed by atoms with Gasteiger partial charge in [0.2, 0.25) is 5.91 Å². The van der Waals surface area contributed by atoms with E-state index in [-0.39, 0.29) is 31.6 Å². The highest BCUT2D eigenvalue weighted by molar-refractivity contribution is 5.80. The van der Waals surface area contributed by atoms with Crippen LogP contribution in [0.5, 0.6) is 0 Å². The summed E-state index contributed by atoms with van der Waals surface area (Å²) in [6.07, 6.45) is 7.67. The maximum atomic E-state index is 11.9. The summed E-state index contributed by atoms with van der Waals surface area (Å²) in [6, 6.07) is 3.32. The molecule has 3 rings (SSSR count). The molecular formula is C25H37N3O6. The minimum absolute atomic E-state index is 0.139. The number of carbonyl (C=O) groups is 3. The van der Waals surface area contributed by atoms with Crippen LogP contribution in [0, 0.1) is 5.92 Å². The molecule has 1 heterocycles. The van der Waals surface area contributed by atoms with Crippen molar-refractivity contribution in [2.45, 2.75) is 89.9 Å². The van der Waals surface area contributed by atoms with Crippen LogP contribution in [0.2, 0.25) is 0 Å². The molecule has 0 radical (unpaired) electrons. The number of nitrogens with one attached hydrogen (secondary N) is 2. The van der Waals surface area contributed by atoms with Gasteiger partial charge in [-0.15, -0.1) is 0 Å². The van der Waals surface area contributed by atoms with Crippen LogP contribution in [0.4, 0.5) is 4.79 Å². The summed E-state index contributed by atoms with van der Waals surface area (Å²) in [5.41, 5.74) is 3.87. The molecular weight excluding hydrogens is 438 g/mol. The normalized spacial score (nSPS) is 20.9. The van der Waals surface area contributed by atoms with Crippen molar-refractivity contribution in [1.82, 2.24) is 15.6 Å². The minimum atomic E-state index is -1.14. The number of amides is 2. The van der Waals surface area contributed by atoms with Crippen LogP contribution in [0.15, 0.2) is 12.1 Å². The fourth-order valence-corrected chi connectivity index (χ4v) is 4.46. The molecule has 0 bridgehead atoms. The third kappa shape index (κ3) is 8.27. The van der Waals surface area contributed by atoms with Crippen LogP contribution in [-0.4, -0.2) is 59.5 Å². The summed E-state index contributed by atoms with van der Waals surface area (Å²) >= 11 is 0. The van der Waals surface area contributed by atoms with Gasteiger partial charge in [0.05, 0.1) is 12.6 Å². The monoisotopic (exact) mass is 475 g/mol. The van der Waals surface area contributed by atoms with E-state index >= 15 is 0 Å². The molecule has 0 aliphatic heterocycles. The van der Waals surface area contributed by atoms with Crippen molar-refractivity contribution < 1.29 is 29.0 Å². The first kappa shape index (κ1) is 25.9. The number of ether oxygens (including phenoxy) is 2. The first-order valence-electron chi connectivity index (χ1n) is 12.3. The highest BCUT2D eigenvalue weighted by atomic mass is 16.6. The predicted molar refractivity (Wildman–Crippen MR) is 125 cm³/mol. The van der Waals surface area contributed by atoms with E-state index in [2.05, 4.69) is 22.8 Å². The van der Waals surface area contributed by atoms with Gasteiger partial charge in [0, 0.05) is 31.3 Å². The van der Waals surface area contributed by atoms with E-state index < -0.39 is 24.2 Å². The third-order valence-corrected chi connectivity index (χ3v) is 6.53. The zero-order valence-corrected chi connectivity index (χ0v) is 20.2. The number of nitrogens with zero attached hydrogens (tertiary/aromatic N) is 1. The molecule has 9 heteroatoms. The number of aromatic nitrogens is 1. The number of rotatable bonds is 12. The first-order valence-corrected chi connectivity index (χ1v) is 12.3. The van der Waals surface area contributed by atoms with Crippen LogP contribution >= 0.6 is 0 Å². The van der Waals surface area contributed by atoms with E-state index in [4.69, 9.17) is 14.5 Å². The SMILES string of the molecule is CC(=O)NCC(C)OC(=O)NC(CCOC1CC(CCc2ccc3c(n2)CCCC3)C1)C(=O)O. The van der Waals surface area contributed by atoms with E-state index in [1.54, 1.807) is 6.92 Å². The first-order chi connectivity index (χ1) is 16.3. The Kier molecular flexibility index (Phi) is 9.68. The Morgan fingerprint density at radius 2 is 1.97 bits per heavy atom. The van der Waals surface area contributed by atoms with Gasteiger partial charge in [-0.05, 0) is 75.8 Å². The number of alkyl carbamates (subject to hydrolysis) is 1. The Balaban J connectivity index is 1.29. The highest BCUT2D eigenvalue weighted by Gasteiger charge is 2.30. The van der Waals surface area contributed by atoms with Crippen molar-refractivity contribution in [3.05, 3.63) is 29.1 Å². The predicted octanol–water partition coefficient (Wildman–Crippen LogP) is 2.78. The molecule has 34 heavy (non-hydrogen) atoms. The van der Waals surface area contributed by atoms with Crippen molar-refractivity contribution in [2.24, 2.45) is 5.92 Å². The lowest BCUT2D eigenvalue weighted by atomic mass is 9.79. The zero-order valence-electron chi connectivity index (χ0n) is 20.2. The Morgan fingerprint density at radius 1 is 1.21 bits per heavy atom. The topological polar surface area (TPSA) is 127 Å². The maximum absolute atomic E-state index is 11.9. The summed E-state index contributed by atoms with van der Waals surface area (Å²) < 4.78 is 10.9. The molecule has 1 aromatic rings. The van der Waals surface area contributed by atoms with Crippen molar-refractivity contribution in [2.75, 3.05) is 13.2 Å². The van der Waals surface area contributed by atoms with Crippen molar-refractivity contribution in [3.63, 3.8) is 0 Å². The quantitative estimate of drug-likeness (QED) is 0.424. The van der Waals surface area contributed by atoms with Crippen molar-refractivity contribution >= 4 is 18.0 Å². The summed E-state index contributed by atoms with van der Waals surface area (Å²) in [6.45, 7) is 3.39. The number of carboxylic acid groups (broad SMARTS) is 1. The lowest BCUT2D eigenvalue weighted by Crippen LogP contribution is -2.44. The largest absolute Gasteiger partial charge is 0.480 e. The highest BCUT2D eigenvalue weighted by Crippen LogP contribution is 2.34. The minimum Gasteiger partial charge on any atom is -0.480 e. The Labute approximate surface area is 201 Å². The Bertz CT molecular complexity index is 855. The van der Waals surface area contributed by atoms with Gasteiger partial charge in [-0.1, -0.05) is 6.07 Å². The van der Waals surface area contributed by atoms with Crippen LogP contribution < -0.4 is 10.6 Å². The number of hydrogen-bond acceptors (Lipinski definition) is 6. The number of fused-ring (bicyclic) bond motifs is 1. The second kappa shape index (κ2) is 12.7. The van der Waals surface area contributed by atoms with Gasteiger partial charge < -0.3 is 25.2 Å². The summed E-state index contributed by atoms with van der Waals surface area (Å²) in [7, 11) is 0. The molecule has 2 aliphatic carbocycles. The van der Waals surface area contributed by atoms with E-state index in [1.165, 1.54) is 36.7 Å². The number of aliphatic carboxylic acids is 1. The Morgan fingerprint density at radius 3 is 2.71 bits per heavy atom. The molecule has 1 fully saturated rings. The van der Waals surface area contributed by atoms with Crippen LogP contribution in [0.1, 0.15) is 69.3 Å². The molecule has 1 aromatic heterocycles. The molecule has 188 valence electrons. The number of hydrogen-bond donors (Lipinski definition) is 3. The van der Waals surface area contributed by atoms with Gasteiger partial charge in [0.1, 0.15) is 12.1 Å². The van der Waals surface area contributed by atoms with Gasteiger partial charge in [-0.2, -0.15) is 0 Å². The molecule has 2 amide bonds. The van der Waals surface area contributed by atoms with Crippen LogP contribution in [0.25, 0.3) is 0 Å². The standard InChI is InChI=1S/C25H37N3O6/c1-16(15-26-17(2)29)34-25(32)28-23(24(30)31)11-12-33-21-13-18(14-21)7-9-20-10-8-19-5-3-4-6-22(19)27-20/h8,10,16,18,21,23H,3-7,9,11-15H2,1-2H3,(H,26,29)(H,28,32)(H,30,31). The number of pyridine rings is 1. The summed E-state index contributed by atoms with van der Waals surface area (Å²) in [5.74, 6) is -0.764. The van der Waals surface area contributed by atoms with Gasteiger partial charge >= 0.3 is 12.1 Å². The van der Waals surface area contributed by atoms with Gasteiger partial charge in [-0.25, -0.2) is 9.59 Å². The second-order valence-corrected chi connectivity index (χ2v) is 9.46. The van der Waals surface area contributed by atoms with Crippen molar-refractivity contribution in [3.8, 4) is 0 Å². The Hall–Kier alpha value is -2.68. The van der Waals surface area contributed by atoms with E-state index in [1.807, 2.05) is 0 Å². The molecule has 2 unspecified atom stereocenters. The molecule has 2 atom stereocenters. The smallest absolute Gasteiger partial charge is 0.408 e. The lowest BCUT2D eigenvalue weighted by Gasteiger charge is -2.35. The third-order valence-electron chi connectivity index (χ3n) is 6.53.